The molecule has 2 N–H and O–H groups in total. The Balaban J connectivity index is 2.97. The van der Waals surface area contributed by atoms with Gasteiger partial charge in [0.1, 0.15) is 0 Å². The Hall–Kier alpha value is -0.120. The molecular weight excluding hydrogens is 154 g/mol. The lowest BCUT2D eigenvalue weighted by molar-refractivity contribution is 0.0614. The number of nitrogens with one attached hydrogen (secondary N) is 1. The van der Waals surface area contributed by atoms with Crippen LogP contribution in [0.4, 0.5) is 0 Å². The lowest BCUT2D eigenvalue weighted by atomic mass is 10.2. The van der Waals surface area contributed by atoms with Crippen LogP contribution in [0.3, 0.4) is 0 Å². The Morgan fingerprint density at radius 2 is 2.17 bits per heavy atom. The molecule has 1 atom stereocenters. The summed E-state index contributed by atoms with van der Waals surface area (Å²) < 4.78 is 5.48. The zero-order valence-electron chi connectivity index (χ0n) is 8.18. The Morgan fingerprint density at radius 1 is 1.42 bits per heavy atom. The fourth-order valence-electron chi connectivity index (χ4n) is 1.03. The van der Waals surface area contributed by atoms with Crippen molar-refractivity contribution in [2.24, 2.45) is 0 Å². The summed E-state index contributed by atoms with van der Waals surface area (Å²) in [7, 11) is 0. The van der Waals surface area contributed by atoms with Crippen LogP contribution in [-0.4, -0.2) is 37.5 Å². The number of rotatable bonds is 8. The summed E-state index contributed by atoms with van der Waals surface area (Å²) in [6.07, 6.45) is 2.66. The quantitative estimate of drug-likeness (QED) is 0.535. The van der Waals surface area contributed by atoms with Gasteiger partial charge < -0.3 is 15.2 Å². The molecule has 0 amide bonds. The van der Waals surface area contributed by atoms with Crippen molar-refractivity contribution in [3.05, 3.63) is 0 Å². The molecule has 12 heavy (non-hydrogen) atoms. The van der Waals surface area contributed by atoms with E-state index in [-0.39, 0.29) is 6.61 Å². The highest BCUT2D eigenvalue weighted by Gasteiger charge is 1.98. The highest BCUT2D eigenvalue weighted by molar-refractivity contribution is 4.49. The van der Waals surface area contributed by atoms with Gasteiger partial charge in [0, 0.05) is 13.1 Å². The number of hydrogen-bond acceptors (Lipinski definition) is 3. The van der Waals surface area contributed by atoms with Crippen LogP contribution in [0.5, 0.6) is 0 Å². The molecule has 0 aromatic heterocycles. The molecule has 0 spiro atoms. The van der Waals surface area contributed by atoms with Crippen molar-refractivity contribution >= 4 is 0 Å². The predicted molar refractivity (Wildman–Crippen MR) is 50.3 cm³/mol. The largest absolute Gasteiger partial charge is 0.395 e. The topological polar surface area (TPSA) is 41.5 Å². The molecule has 0 heterocycles. The summed E-state index contributed by atoms with van der Waals surface area (Å²) in [5, 5.41) is 11.5. The van der Waals surface area contributed by atoms with E-state index < -0.39 is 0 Å². The van der Waals surface area contributed by atoms with E-state index in [4.69, 9.17) is 9.84 Å². The van der Waals surface area contributed by atoms with Gasteiger partial charge in [0.05, 0.1) is 19.3 Å². The molecule has 0 aliphatic carbocycles. The van der Waals surface area contributed by atoms with Crippen LogP contribution in [0, 0.1) is 0 Å². The third kappa shape index (κ3) is 7.98. The number of aliphatic hydroxyl groups is 1. The predicted octanol–water partition coefficient (Wildman–Crippen LogP) is 0.774. The molecule has 3 heteroatoms. The van der Waals surface area contributed by atoms with Gasteiger partial charge in [-0.15, -0.1) is 0 Å². The van der Waals surface area contributed by atoms with Crippen molar-refractivity contribution in [2.45, 2.75) is 32.8 Å². The first-order valence-electron chi connectivity index (χ1n) is 4.74. The number of ether oxygens (including phenoxy) is 1. The van der Waals surface area contributed by atoms with Crippen molar-refractivity contribution < 1.29 is 9.84 Å². The van der Waals surface area contributed by atoms with E-state index in [1.165, 1.54) is 6.42 Å². The van der Waals surface area contributed by atoms with Crippen LogP contribution in [0.15, 0.2) is 0 Å². The molecule has 3 nitrogen and oxygen atoms in total. The van der Waals surface area contributed by atoms with Crippen LogP contribution in [0.1, 0.15) is 26.7 Å². The second kappa shape index (κ2) is 8.97. The number of aliphatic hydroxyl groups excluding tert-OH is 1. The average Bonchev–Trinajstić information content (AvgIpc) is 2.05. The monoisotopic (exact) mass is 175 g/mol. The molecule has 1 unspecified atom stereocenters. The zero-order chi connectivity index (χ0) is 9.23. The first-order chi connectivity index (χ1) is 5.81. The minimum atomic E-state index is 0.199. The lowest BCUT2D eigenvalue weighted by Crippen LogP contribution is -2.24. The maximum Gasteiger partial charge on any atom is 0.0594 e. The summed E-state index contributed by atoms with van der Waals surface area (Å²) in [5.74, 6) is 0. The first-order valence-corrected chi connectivity index (χ1v) is 4.74. The molecule has 74 valence electrons. The fourth-order valence-corrected chi connectivity index (χ4v) is 1.03. The van der Waals surface area contributed by atoms with Crippen LogP contribution in [0.2, 0.25) is 0 Å². The second-order valence-electron chi connectivity index (χ2n) is 2.94. The Labute approximate surface area is 75.1 Å². The summed E-state index contributed by atoms with van der Waals surface area (Å²) in [6.45, 7) is 6.67. The van der Waals surface area contributed by atoms with Crippen molar-refractivity contribution in [1.29, 1.82) is 0 Å². The van der Waals surface area contributed by atoms with Crippen molar-refractivity contribution in [1.82, 2.24) is 5.32 Å². The molecule has 0 aliphatic rings. The fraction of sp³-hybridized carbons (Fsp3) is 1.00. The lowest BCUT2D eigenvalue weighted by Gasteiger charge is -2.11. The average molecular weight is 175 g/mol. The van der Waals surface area contributed by atoms with Crippen molar-refractivity contribution in [3.63, 3.8) is 0 Å². The minimum Gasteiger partial charge on any atom is -0.395 e. The van der Waals surface area contributed by atoms with E-state index in [1.807, 2.05) is 0 Å². The van der Waals surface area contributed by atoms with Crippen LogP contribution in [-0.2, 0) is 4.74 Å². The van der Waals surface area contributed by atoms with Gasteiger partial charge in [-0.1, -0.05) is 13.3 Å². The van der Waals surface area contributed by atoms with Gasteiger partial charge in [-0.05, 0) is 13.3 Å². The third-order valence-corrected chi connectivity index (χ3v) is 1.66. The summed E-state index contributed by atoms with van der Waals surface area (Å²) in [5.41, 5.74) is 0. The van der Waals surface area contributed by atoms with Gasteiger partial charge in [-0.2, -0.15) is 0 Å². The van der Waals surface area contributed by atoms with Gasteiger partial charge in [0.2, 0.25) is 0 Å². The van der Waals surface area contributed by atoms with Gasteiger partial charge in [-0.3, -0.25) is 0 Å². The van der Waals surface area contributed by atoms with Gasteiger partial charge in [0.25, 0.3) is 0 Å². The maximum absolute atomic E-state index is 8.46. The number of hydrogen-bond donors (Lipinski definition) is 2. The molecule has 0 rings (SSSR count). The molecular formula is C9H21NO2. The standard InChI is InChI=1S/C9H21NO2/c1-3-4-9(2)12-8-6-10-5-7-11/h9-11H,3-8H2,1-2H3. The van der Waals surface area contributed by atoms with E-state index in [1.54, 1.807) is 0 Å². The van der Waals surface area contributed by atoms with Crippen LogP contribution >= 0.6 is 0 Å². The molecule has 0 aromatic carbocycles. The molecule has 0 aromatic rings. The van der Waals surface area contributed by atoms with Crippen molar-refractivity contribution in [2.75, 3.05) is 26.3 Å². The van der Waals surface area contributed by atoms with E-state index in [2.05, 4.69) is 19.2 Å². The third-order valence-electron chi connectivity index (χ3n) is 1.66. The van der Waals surface area contributed by atoms with Crippen LogP contribution in [0.25, 0.3) is 0 Å². The molecule has 0 bridgehead atoms. The highest BCUT2D eigenvalue weighted by atomic mass is 16.5. The summed E-state index contributed by atoms with van der Waals surface area (Å²) in [6, 6.07) is 0. The van der Waals surface area contributed by atoms with Crippen molar-refractivity contribution in [3.8, 4) is 0 Å². The minimum absolute atomic E-state index is 0.199. The van der Waals surface area contributed by atoms with Gasteiger partial charge in [0.15, 0.2) is 0 Å². The zero-order valence-corrected chi connectivity index (χ0v) is 8.18. The molecule has 0 radical (unpaired) electrons. The molecule has 0 saturated carbocycles. The van der Waals surface area contributed by atoms with E-state index in [0.29, 0.717) is 12.6 Å². The summed E-state index contributed by atoms with van der Waals surface area (Å²) >= 11 is 0. The van der Waals surface area contributed by atoms with E-state index >= 15 is 0 Å². The Kier molecular flexibility index (Phi) is 8.88. The highest BCUT2D eigenvalue weighted by Crippen LogP contribution is 1.99. The SMILES string of the molecule is CCCC(C)OCCNCCO. The van der Waals surface area contributed by atoms with E-state index in [9.17, 15) is 0 Å². The van der Waals surface area contributed by atoms with Gasteiger partial charge in [-0.25, -0.2) is 0 Å². The Bertz CT molecular complexity index is 88.6. The molecule has 0 fully saturated rings. The smallest absolute Gasteiger partial charge is 0.0594 e. The first kappa shape index (κ1) is 11.9. The Morgan fingerprint density at radius 3 is 2.75 bits per heavy atom. The maximum atomic E-state index is 8.46. The summed E-state index contributed by atoms with van der Waals surface area (Å²) in [4.78, 5) is 0. The van der Waals surface area contributed by atoms with Crippen LogP contribution < -0.4 is 5.32 Å². The molecule has 0 aliphatic heterocycles. The van der Waals surface area contributed by atoms with Gasteiger partial charge >= 0.3 is 0 Å². The normalized spacial score (nSPS) is 13.2. The molecule has 0 saturated heterocycles. The second-order valence-corrected chi connectivity index (χ2v) is 2.94. The van der Waals surface area contributed by atoms with E-state index in [0.717, 1.165) is 19.6 Å².